The van der Waals surface area contributed by atoms with Crippen LogP contribution < -0.4 is 10.5 Å². The van der Waals surface area contributed by atoms with Gasteiger partial charge in [-0.25, -0.2) is 0 Å². The molecule has 4 heteroatoms. The van der Waals surface area contributed by atoms with Crippen molar-refractivity contribution in [1.82, 2.24) is 4.98 Å². The number of halogens is 1. The average molecular weight is 321 g/mol. The van der Waals surface area contributed by atoms with Gasteiger partial charge in [-0.15, -0.1) is 0 Å². The molecule has 0 saturated carbocycles. The highest BCUT2D eigenvalue weighted by molar-refractivity contribution is 9.10. The van der Waals surface area contributed by atoms with E-state index in [0.717, 1.165) is 33.5 Å². The number of ether oxygens (including phenoxy) is 1. The third-order valence-corrected chi connectivity index (χ3v) is 3.19. The number of aryl methyl sites for hydroxylation is 1. The quantitative estimate of drug-likeness (QED) is 0.931. The number of rotatable bonds is 4. The Kier molecular flexibility index (Phi) is 4.56. The summed E-state index contributed by atoms with van der Waals surface area (Å²) in [5.41, 5.74) is 7.96. The lowest BCUT2D eigenvalue weighted by molar-refractivity contribution is 0.475. The molecule has 1 heterocycles. The predicted octanol–water partition coefficient (Wildman–Crippen LogP) is 3.83. The second kappa shape index (κ2) is 6.17. The van der Waals surface area contributed by atoms with Crippen molar-refractivity contribution < 1.29 is 4.74 Å². The van der Waals surface area contributed by atoms with E-state index >= 15 is 0 Å². The van der Waals surface area contributed by atoms with Crippen molar-refractivity contribution in [2.75, 3.05) is 0 Å². The monoisotopic (exact) mass is 320 g/mol. The largest absolute Gasteiger partial charge is 0.455 e. The van der Waals surface area contributed by atoms with Crippen LogP contribution in [0.2, 0.25) is 0 Å². The van der Waals surface area contributed by atoms with E-state index in [9.17, 15) is 0 Å². The van der Waals surface area contributed by atoms with Crippen molar-refractivity contribution >= 4 is 15.9 Å². The molecular formula is C15H17BrN2O. The number of hydrogen-bond donors (Lipinski definition) is 1. The summed E-state index contributed by atoms with van der Waals surface area (Å²) in [6.45, 7) is 3.99. The Bertz CT molecular complexity index is 570. The van der Waals surface area contributed by atoms with Crippen LogP contribution in [0.25, 0.3) is 0 Å². The molecule has 100 valence electrons. The molecule has 0 bridgehead atoms. The summed E-state index contributed by atoms with van der Waals surface area (Å²) in [6.07, 6.45) is 4.33. The highest BCUT2D eigenvalue weighted by Crippen LogP contribution is 2.27. The molecule has 0 aliphatic carbocycles. The Balaban J connectivity index is 2.18. The SMILES string of the molecule is Cc1cc(Br)ccc1Oc1cncc(CC(C)N)c1. The fraction of sp³-hybridized carbons (Fsp3) is 0.267. The van der Waals surface area contributed by atoms with Crippen molar-refractivity contribution in [3.63, 3.8) is 0 Å². The normalized spacial score (nSPS) is 12.2. The van der Waals surface area contributed by atoms with Crippen LogP contribution in [-0.2, 0) is 6.42 Å². The molecule has 2 N–H and O–H groups in total. The van der Waals surface area contributed by atoms with Crippen LogP contribution in [0.3, 0.4) is 0 Å². The van der Waals surface area contributed by atoms with E-state index in [2.05, 4.69) is 20.9 Å². The number of hydrogen-bond acceptors (Lipinski definition) is 3. The fourth-order valence-corrected chi connectivity index (χ4v) is 2.33. The molecule has 0 aliphatic rings. The first-order chi connectivity index (χ1) is 9.04. The molecule has 0 spiro atoms. The second-order valence-corrected chi connectivity index (χ2v) is 5.64. The Morgan fingerprint density at radius 1 is 1.32 bits per heavy atom. The summed E-state index contributed by atoms with van der Waals surface area (Å²) in [5.74, 6) is 1.58. The van der Waals surface area contributed by atoms with E-state index in [4.69, 9.17) is 10.5 Å². The molecule has 0 saturated heterocycles. The standard InChI is InChI=1S/C15H17BrN2O/c1-10-5-13(16)3-4-15(10)19-14-7-12(6-11(2)17)8-18-9-14/h3-5,7-9,11H,6,17H2,1-2H3. The summed E-state index contributed by atoms with van der Waals surface area (Å²) < 4.78 is 6.90. The fourth-order valence-electron chi connectivity index (χ4n) is 1.86. The van der Waals surface area contributed by atoms with E-state index in [-0.39, 0.29) is 6.04 Å². The Morgan fingerprint density at radius 3 is 2.79 bits per heavy atom. The van der Waals surface area contributed by atoms with Gasteiger partial charge < -0.3 is 10.5 Å². The minimum absolute atomic E-state index is 0.117. The summed E-state index contributed by atoms with van der Waals surface area (Å²) in [4.78, 5) is 4.19. The summed E-state index contributed by atoms with van der Waals surface area (Å²) >= 11 is 3.44. The maximum absolute atomic E-state index is 5.86. The van der Waals surface area contributed by atoms with Gasteiger partial charge in [-0.3, -0.25) is 4.98 Å². The van der Waals surface area contributed by atoms with Crippen LogP contribution in [0.1, 0.15) is 18.1 Å². The lowest BCUT2D eigenvalue weighted by Crippen LogP contribution is -2.17. The van der Waals surface area contributed by atoms with Crippen molar-refractivity contribution in [2.24, 2.45) is 5.73 Å². The molecule has 2 aromatic rings. The molecule has 1 atom stereocenters. The van der Waals surface area contributed by atoms with Gasteiger partial charge in [0.1, 0.15) is 11.5 Å². The van der Waals surface area contributed by atoms with Crippen molar-refractivity contribution in [2.45, 2.75) is 26.3 Å². The zero-order valence-corrected chi connectivity index (χ0v) is 12.6. The van der Waals surface area contributed by atoms with Crippen LogP contribution in [0.5, 0.6) is 11.5 Å². The first kappa shape index (κ1) is 14.0. The van der Waals surface area contributed by atoms with Gasteiger partial charge in [-0.05, 0) is 55.7 Å². The van der Waals surface area contributed by atoms with Gasteiger partial charge in [0.05, 0.1) is 6.20 Å². The lowest BCUT2D eigenvalue weighted by atomic mass is 10.1. The van der Waals surface area contributed by atoms with Crippen molar-refractivity contribution in [3.8, 4) is 11.5 Å². The molecule has 1 unspecified atom stereocenters. The van der Waals surface area contributed by atoms with Crippen molar-refractivity contribution in [3.05, 3.63) is 52.3 Å². The van der Waals surface area contributed by atoms with Crippen LogP contribution in [0, 0.1) is 6.92 Å². The zero-order valence-electron chi connectivity index (χ0n) is 11.1. The number of benzene rings is 1. The van der Waals surface area contributed by atoms with E-state index in [0.29, 0.717) is 0 Å². The third-order valence-electron chi connectivity index (χ3n) is 2.69. The van der Waals surface area contributed by atoms with Crippen LogP contribution in [-0.4, -0.2) is 11.0 Å². The second-order valence-electron chi connectivity index (χ2n) is 4.72. The average Bonchev–Trinajstić information content (AvgIpc) is 2.32. The Labute approximate surface area is 121 Å². The summed E-state index contributed by atoms with van der Waals surface area (Å²) in [5, 5.41) is 0. The molecule has 2 rings (SSSR count). The highest BCUT2D eigenvalue weighted by atomic mass is 79.9. The van der Waals surface area contributed by atoms with Crippen LogP contribution in [0.4, 0.5) is 0 Å². The maximum atomic E-state index is 5.86. The molecule has 19 heavy (non-hydrogen) atoms. The van der Waals surface area contributed by atoms with Gasteiger partial charge >= 0.3 is 0 Å². The molecule has 0 amide bonds. The predicted molar refractivity (Wildman–Crippen MR) is 80.5 cm³/mol. The van der Waals surface area contributed by atoms with E-state index in [1.54, 1.807) is 6.20 Å². The summed E-state index contributed by atoms with van der Waals surface area (Å²) in [6, 6.07) is 8.03. The number of nitrogens with two attached hydrogens (primary N) is 1. The number of nitrogens with zero attached hydrogens (tertiary/aromatic N) is 1. The zero-order chi connectivity index (χ0) is 13.8. The van der Waals surface area contributed by atoms with Crippen LogP contribution >= 0.6 is 15.9 Å². The van der Waals surface area contributed by atoms with Crippen LogP contribution in [0.15, 0.2) is 41.1 Å². The number of pyridine rings is 1. The van der Waals surface area contributed by atoms with E-state index in [1.165, 1.54) is 0 Å². The van der Waals surface area contributed by atoms with Gasteiger partial charge in [0.2, 0.25) is 0 Å². The topological polar surface area (TPSA) is 48.1 Å². The van der Waals surface area contributed by atoms with Gasteiger partial charge in [0, 0.05) is 16.7 Å². The maximum Gasteiger partial charge on any atom is 0.145 e. The van der Waals surface area contributed by atoms with Crippen molar-refractivity contribution in [1.29, 1.82) is 0 Å². The molecule has 1 aromatic carbocycles. The molecular weight excluding hydrogens is 304 g/mol. The minimum Gasteiger partial charge on any atom is -0.455 e. The Hall–Kier alpha value is -1.39. The van der Waals surface area contributed by atoms with Gasteiger partial charge in [-0.2, -0.15) is 0 Å². The third kappa shape index (κ3) is 4.04. The Morgan fingerprint density at radius 2 is 2.11 bits per heavy atom. The smallest absolute Gasteiger partial charge is 0.145 e. The number of aromatic nitrogens is 1. The molecule has 0 aliphatic heterocycles. The van der Waals surface area contributed by atoms with E-state index < -0.39 is 0 Å². The van der Waals surface area contributed by atoms with E-state index in [1.807, 2.05) is 44.3 Å². The van der Waals surface area contributed by atoms with Gasteiger partial charge in [-0.1, -0.05) is 15.9 Å². The molecule has 0 radical (unpaired) electrons. The minimum atomic E-state index is 0.117. The summed E-state index contributed by atoms with van der Waals surface area (Å²) in [7, 11) is 0. The first-order valence-electron chi connectivity index (χ1n) is 6.18. The molecule has 3 nitrogen and oxygen atoms in total. The molecule has 1 aromatic heterocycles. The first-order valence-corrected chi connectivity index (χ1v) is 6.97. The lowest BCUT2D eigenvalue weighted by Gasteiger charge is -2.10. The highest BCUT2D eigenvalue weighted by Gasteiger charge is 2.05. The van der Waals surface area contributed by atoms with Gasteiger partial charge in [0.15, 0.2) is 0 Å². The molecule has 0 fully saturated rings. The van der Waals surface area contributed by atoms with Gasteiger partial charge in [0.25, 0.3) is 0 Å².